The Morgan fingerprint density at radius 3 is 2.35 bits per heavy atom. The first-order valence-electron chi connectivity index (χ1n) is 10.9. The van der Waals surface area contributed by atoms with Crippen LogP contribution in [0.1, 0.15) is 55.2 Å². The second-order valence-corrected chi connectivity index (χ2v) is 11.0. The predicted octanol–water partition coefficient (Wildman–Crippen LogP) is 4.33. The van der Waals surface area contributed by atoms with Gasteiger partial charge in [0, 0.05) is 24.7 Å². The summed E-state index contributed by atoms with van der Waals surface area (Å²) in [6, 6.07) is 12.9. The lowest BCUT2D eigenvalue weighted by atomic mass is 9.79. The molecule has 2 N–H and O–H groups in total. The fourth-order valence-corrected chi connectivity index (χ4v) is 6.13. The van der Waals surface area contributed by atoms with E-state index >= 15 is 0 Å². The average Bonchev–Trinajstić information content (AvgIpc) is 2.74. The topological polar surface area (TPSA) is 69.6 Å². The van der Waals surface area contributed by atoms with Crippen molar-refractivity contribution in [1.29, 1.82) is 0 Å². The van der Waals surface area contributed by atoms with Gasteiger partial charge >= 0.3 is 0 Å². The highest BCUT2D eigenvalue weighted by molar-refractivity contribution is 7.89. The zero-order chi connectivity index (χ0) is 22.6. The minimum atomic E-state index is -3.53. The Kier molecular flexibility index (Phi) is 8.16. The summed E-state index contributed by atoms with van der Waals surface area (Å²) in [7, 11) is 0.0993. The van der Waals surface area contributed by atoms with Gasteiger partial charge in [-0.15, -0.1) is 0 Å². The van der Waals surface area contributed by atoms with Crippen molar-refractivity contribution in [3.63, 3.8) is 0 Å². The Morgan fingerprint density at radius 1 is 1.13 bits per heavy atom. The third-order valence-corrected chi connectivity index (χ3v) is 8.42. The molecule has 0 saturated heterocycles. The van der Waals surface area contributed by atoms with Crippen molar-refractivity contribution in [2.24, 2.45) is 0 Å². The van der Waals surface area contributed by atoms with Crippen LogP contribution in [0, 0.1) is 0 Å². The number of nitrogens with zero attached hydrogens (tertiary/aromatic N) is 1. The van der Waals surface area contributed by atoms with E-state index in [0.717, 1.165) is 37.8 Å². The van der Waals surface area contributed by atoms with Crippen LogP contribution >= 0.6 is 11.6 Å². The average molecular weight is 465 g/mol. The van der Waals surface area contributed by atoms with Gasteiger partial charge in [-0.05, 0) is 92.9 Å². The van der Waals surface area contributed by atoms with Crippen LogP contribution in [0.15, 0.2) is 47.4 Å². The van der Waals surface area contributed by atoms with Crippen LogP contribution in [-0.2, 0) is 23.0 Å². The highest BCUT2D eigenvalue weighted by Crippen LogP contribution is 2.37. The Bertz CT molecular complexity index is 969. The first kappa shape index (κ1) is 24.2. The summed E-state index contributed by atoms with van der Waals surface area (Å²) in [6.07, 6.45) is 3.87. The summed E-state index contributed by atoms with van der Waals surface area (Å²) >= 11 is 5.91. The molecule has 0 aliphatic heterocycles. The zero-order valence-corrected chi connectivity index (χ0v) is 20.1. The number of hydrogen-bond donors (Lipinski definition) is 2. The molecule has 5 nitrogen and oxygen atoms in total. The normalized spacial score (nSPS) is 20.7. The Hall–Kier alpha value is -1.44. The molecule has 7 heteroatoms. The molecule has 3 rings (SSSR count). The van der Waals surface area contributed by atoms with E-state index in [2.05, 4.69) is 23.5 Å². The summed E-state index contributed by atoms with van der Waals surface area (Å²) in [5, 5.41) is 13.5. The standard InChI is InChI=1S/C24H33ClN2O3S/c1-17(28)14-18-4-13-24(20(15-18)16-26-2)19-5-9-22(10-6-19)27(3)31(29,30)23-11-7-21(25)8-12-23/h4,7-8,11-13,15,17,19,22,26,28H,5-6,9-10,14,16H2,1-3H3. The molecule has 0 amide bonds. The number of aliphatic hydroxyl groups is 1. The molecule has 2 aromatic rings. The molecule has 2 aromatic carbocycles. The van der Waals surface area contributed by atoms with Crippen LogP contribution in [-0.4, -0.2) is 44.1 Å². The van der Waals surface area contributed by atoms with E-state index in [4.69, 9.17) is 11.6 Å². The monoisotopic (exact) mass is 464 g/mol. The number of benzene rings is 2. The van der Waals surface area contributed by atoms with E-state index in [1.165, 1.54) is 15.4 Å². The number of hydrogen-bond acceptors (Lipinski definition) is 4. The predicted molar refractivity (Wildman–Crippen MR) is 126 cm³/mol. The van der Waals surface area contributed by atoms with Crippen LogP contribution in [0.4, 0.5) is 0 Å². The summed E-state index contributed by atoms with van der Waals surface area (Å²) in [4.78, 5) is 0.284. The molecular weight excluding hydrogens is 432 g/mol. The lowest BCUT2D eigenvalue weighted by Crippen LogP contribution is -2.39. The number of rotatable bonds is 8. The van der Waals surface area contributed by atoms with Crippen molar-refractivity contribution < 1.29 is 13.5 Å². The van der Waals surface area contributed by atoms with Crippen LogP contribution < -0.4 is 5.32 Å². The molecule has 0 heterocycles. The third-order valence-electron chi connectivity index (χ3n) is 6.25. The number of aliphatic hydroxyl groups excluding tert-OH is 1. The summed E-state index contributed by atoms with van der Waals surface area (Å²) in [6.45, 7) is 2.59. The van der Waals surface area contributed by atoms with Gasteiger partial charge in [-0.2, -0.15) is 4.31 Å². The quantitative estimate of drug-likeness (QED) is 0.610. The maximum Gasteiger partial charge on any atom is 0.243 e. The molecule has 1 fully saturated rings. The molecule has 0 aromatic heterocycles. The van der Waals surface area contributed by atoms with Crippen molar-refractivity contribution in [1.82, 2.24) is 9.62 Å². The van der Waals surface area contributed by atoms with Crippen LogP contribution in [0.3, 0.4) is 0 Å². The van der Waals surface area contributed by atoms with Gasteiger partial charge in [0.05, 0.1) is 11.0 Å². The molecule has 1 unspecified atom stereocenters. The van der Waals surface area contributed by atoms with E-state index in [9.17, 15) is 13.5 Å². The maximum absolute atomic E-state index is 13.0. The SMILES string of the molecule is CNCc1cc(CC(C)O)ccc1C1CCC(N(C)S(=O)(=O)c2ccc(Cl)cc2)CC1. The van der Waals surface area contributed by atoms with Gasteiger partial charge in [0.25, 0.3) is 0 Å². The molecule has 0 radical (unpaired) electrons. The third kappa shape index (κ3) is 5.88. The first-order chi connectivity index (χ1) is 14.7. The van der Waals surface area contributed by atoms with Gasteiger partial charge in [-0.3, -0.25) is 0 Å². The smallest absolute Gasteiger partial charge is 0.243 e. The highest BCUT2D eigenvalue weighted by atomic mass is 35.5. The number of halogens is 1. The number of sulfonamides is 1. The van der Waals surface area contributed by atoms with Crippen molar-refractivity contribution in [2.45, 2.75) is 68.5 Å². The van der Waals surface area contributed by atoms with E-state index in [0.29, 0.717) is 17.4 Å². The van der Waals surface area contributed by atoms with Crippen LogP contribution in [0.2, 0.25) is 5.02 Å². The first-order valence-corrected chi connectivity index (χ1v) is 12.7. The lowest BCUT2D eigenvalue weighted by molar-refractivity contribution is 0.195. The van der Waals surface area contributed by atoms with Crippen LogP contribution in [0.5, 0.6) is 0 Å². The lowest BCUT2D eigenvalue weighted by Gasteiger charge is -2.35. The zero-order valence-electron chi connectivity index (χ0n) is 18.5. The Labute approximate surface area is 191 Å². The van der Waals surface area contributed by atoms with E-state index < -0.39 is 10.0 Å². The van der Waals surface area contributed by atoms with Crippen molar-refractivity contribution in [3.05, 3.63) is 64.2 Å². The van der Waals surface area contributed by atoms with Crippen molar-refractivity contribution in [2.75, 3.05) is 14.1 Å². The molecule has 1 atom stereocenters. The summed E-state index contributed by atoms with van der Waals surface area (Å²) in [5.41, 5.74) is 3.75. The van der Waals surface area contributed by atoms with E-state index in [-0.39, 0.29) is 17.0 Å². The Balaban J connectivity index is 1.70. The van der Waals surface area contributed by atoms with Crippen molar-refractivity contribution >= 4 is 21.6 Å². The second kappa shape index (κ2) is 10.5. The molecule has 31 heavy (non-hydrogen) atoms. The van der Waals surface area contributed by atoms with Gasteiger partial charge < -0.3 is 10.4 Å². The largest absolute Gasteiger partial charge is 0.393 e. The van der Waals surface area contributed by atoms with Gasteiger partial charge in [-0.25, -0.2) is 8.42 Å². The maximum atomic E-state index is 13.0. The molecule has 0 bridgehead atoms. The molecule has 1 aliphatic carbocycles. The Morgan fingerprint density at radius 2 is 1.77 bits per heavy atom. The van der Waals surface area contributed by atoms with Crippen LogP contribution in [0.25, 0.3) is 0 Å². The molecule has 1 aliphatic rings. The molecule has 0 spiro atoms. The van der Waals surface area contributed by atoms with Gasteiger partial charge in [0.15, 0.2) is 0 Å². The highest BCUT2D eigenvalue weighted by Gasteiger charge is 2.32. The summed E-state index contributed by atoms with van der Waals surface area (Å²) in [5.74, 6) is 0.423. The molecular formula is C24H33ClN2O3S. The van der Waals surface area contributed by atoms with Gasteiger partial charge in [0.2, 0.25) is 10.0 Å². The van der Waals surface area contributed by atoms with Crippen molar-refractivity contribution in [3.8, 4) is 0 Å². The van der Waals surface area contributed by atoms with Gasteiger partial charge in [-0.1, -0.05) is 29.8 Å². The minimum absolute atomic E-state index is 0.000750. The fourth-order valence-electron chi connectivity index (χ4n) is 4.59. The van der Waals surface area contributed by atoms with E-state index in [1.54, 1.807) is 31.3 Å². The van der Waals surface area contributed by atoms with Gasteiger partial charge in [0.1, 0.15) is 0 Å². The van der Waals surface area contributed by atoms with E-state index in [1.807, 2.05) is 14.0 Å². The second-order valence-electron chi connectivity index (χ2n) is 8.60. The number of nitrogens with one attached hydrogen (secondary N) is 1. The fraction of sp³-hybridized carbons (Fsp3) is 0.500. The summed E-state index contributed by atoms with van der Waals surface area (Å²) < 4.78 is 27.6. The molecule has 1 saturated carbocycles. The minimum Gasteiger partial charge on any atom is -0.393 e. The molecule has 170 valence electrons.